The van der Waals surface area contributed by atoms with Gasteiger partial charge in [-0.3, -0.25) is 4.99 Å². The number of nitrogens with one attached hydrogen (secondary N) is 2. The van der Waals surface area contributed by atoms with Gasteiger partial charge in [-0.2, -0.15) is 16.9 Å². The largest absolute Gasteiger partial charge is 0.352 e. The number of nitrogens with zero attached hydrogens (tertiary/aromatic N) is 4. The predicted molar refractivity (Wildman–Crippen MR) is 132 cm³/mol. The van der Waals surface area contributed by atoms with Crippen LogP contribution in [0.1, 0.15) is 22.3 Å². The number of halogens is 2. The second-order valence-electron chi connectivity index (χ2n) is 6.54. The maximum atomic E-state index is 13.5. The van der Waals surface area contributed by atoms with Crippen molar-refractivity contribution in [3.63, 3.8) is 0 Å². The average Bonchev–Trinajstić information content (AvgIpc) is 3.23. The molecule has 0 atom stereocenters. The van der Waals surface area contributed by atoms with E-state index in [0.717, 1.165) is 28.0 Å². The number of hydrogen-bond acceptors (Lipinski definition) is 4. The van der Waals surface area contributed by atoms with Gasteiger partial charge in [0.25, 0.3) is 0 Å². The van der Waals surface area contributed by atoms with Gasteiger partial charge in [0.2, 0.25) is 0 Å². The maximum Gasteiger partial charge on any atom is 0.191 e. The number of thioether (sulfide) groups is 1. The summed E-state index contributed by atoms with van der Waals surface area (Å²) < 4.78 is 15.3. The maximum absolute atomic E-state index is 13.5. The summed E-state index contributed by atoms with van der Waals surface area (Å²) in [4.78, 5) is 8.26. The summed E-state index contributed by atoms with van der Waals surface area (Å²) in [6.45, 7) is 1.91. The van der Waals surface area contributed by atoms with Gasteiger partial charge in [-0.05, 0) is 40.6 Å². The molecule has 0 aliphatic rings. The molecule has 160 valence electrons. The Morgan fingerprint density at radius 1 is 1.10 bits per heavy atom. The van der Waals surface area contributed by atoms with Crippen molar-refractivity contribution in [1.29, 1.82) is 0 Å². The van der Waals surface area contributed by atoms with Gasteiger partial charge in [-0.15, -0.1) is 24.0 Å². The lowest BCUT2D eigenvalue weighted by molar-refractivity contribution is 0.625. The molecule has 0 bridgehead atoms. The summed E-state index contributed by atoms with van der Waals surface area (Å²) in [5.41, 5.74) is 4.38. The number of hydrogen-bond donors (Lipinski definition) is 2. The topological polar surface area (TPSA) is 67.1 Å². The molecule has 0 aliphatic carbocycles. The summed E-state index contributed by atoms with van der Waals surface area (Å²) in [7, 11) is 1.74. The lowest BCUT2D eigenvalue weighted by Gasteiger charge is -2.14. The van der Waals surface area contributed by atoms with Crippen LogP contribution in [-0.4, -0.2) is 34.0 Å². The van der Waals surface area contributed by atoms with Gasteiger partial charge in [0, 0.05) is 25.9 Å². The summed E-state index contributed by atoms with van der Waals surface area (Å²) in [5.74, 6) is 1.27. The molecule has 0 aliphatic heterocycles. The molecule has 9 heteroatoms. The molecule has 1 heterocycles. The lowest BCUT2D eigenvalue weighted by atomic mass is 10.1. The molecule has 0 fully saturated rings. The fraction of sp³-hybridized carbons (Fsp3) is 0.286. The van der Waals surface area contributed by atoms with Crippen LogP contribution in [0, 0.1) is 5.82 Å². The SMILES string of the molecule is CN=C(NCc1cccc(Cn2cncn2)c1)NCc1ccc(F)cc1CSC.I. The first kappa shape index (κ1) is 24.1. The van der Waals surface area contributed by atoms with E-state index in [9.17, 15) is 4.39 Å². The zero-order chi connectivity index (χ0) is 20.5. The van der Waals surface area contributed by atoms with Crippen molar-refractivity contribution >= 4 is 41.7 Å². The van der Waals surface area contributed by atoms with Gasteiger partial charge in [0.1, 0.15) is 18.5 Å². The third-order valence-corrected chi connectivity index (χ3v) is 5.00. The highest BCUT2D eigenvalue weighted by Gasteiger charge is 2.06. The molecule has 2 N–H and O–H groups in total. The van der Waals surface area contributed by atoms with Gasteiger partial charge < -0.3 is 10.6 Å². The standard InChI is InChI=1S/C21H25FN6S.HI/c1-23-21(26-11-18-6-7-20(22)9-19(18)13-29-2)25-10-16-4-3-5-17(8-16)12-28-15-24-14-27-28;/h3-9,14-15H,10-13H2,1-2H3,(H2,23,25,26);1H. The fourth-order valence-corrected chi connectivity index (χ4v) is 3.56. The summed E-state index contributed by atoms with van der Waals surface area (Å²) in [5, 5.41) is 10.8. The van der Waals surface area contributed by atoms with E-state index >= 15 is 0 Å². The van der Waals surface area contributed by atoms with Crippen LogP contribution in [0.5, 0.6) is 0 Å². The van der Waals surface area contributed by atoms with Crippen molar-refractivity contribution in [2.45, 2.75) is 25.4 Å². The monoisotopic (exact) mass is 540 g/mol. The number of aliphatic imine (C=N–C) groups is 1. The highest BCUT2D eigenvalue weighted by Crippen LogP contribution is 2.16. The summed E-state index contributed by atoms with van der Waals surface area (Å²) >= 11 is 1.68. The molecule has 2 aromatic carbocycles. The van der Waals surface area contributed by atoms with Crippen molar-refractivity contribution in [1.82, 2.24) is 25.4 Å². The Morgan fingerprint density at radius 3 is 2.63 bits per heavy atom. The van der Waals surface area contributed by atoms with E-state index in [1.165, 1.54) is 12.4 Å². The highest BCUT2D eigenvalue weighted by molar-refractivity contribution is 14.0. The van der Waals surface area contributed by atoms with E-state index in [2.05, 4.69) is 43.9 Å². The van der Waals surface area contributed by atoms with Crippen molar-refractivity contribution < 1.29 is 4.39 Å². The van der Waals surface area contributed by atoms with Crippen molar-refractivity contribution in [3.8, 4) is 0 Å². The van der Waals surface area contributed by atoms with E-state index < -0.39 is 0 Å². The Labute approximate surface area is 197 Å². The Bertz CT molecular complexity index is 948. The van der Waals surface area contributed by atoms with Gasteiger partial charge >= 0.3 is 0 Å². The lowest BCUT2D eigenvalue weighted by Crippen LogP contribution is -2.36. The van der Waals surface area contributed by atoms with Crippen LogP contribution >= 0.6 is 35.7 Å². The van der Waals surface area contributed by atoms with Gasteiger partial charge in [-0.25, -0.2) is 14.1 Å². The van der Waals surface area contributed by atoms with Gasteiger partial charge in [0.15, 0.2) is 5.96 Å². The summed E-state index contributed by atoms with van der Waals surface area (Å²) in [6.07, 6.45) is 5.25. The van der Waals surface area contributed by atoms with Crippen LogP contribution in [0.2, 0.25) is 0 Å². The van der Waals surface area contributed by atoms with Crippen LogP contribution in [-0.2, 0) is 25.4 Å². The minimum absolute atomic E-state index is 0. The van der Waals surface area contributed by atoms with Crippen molar-refractivity contribution in [3.05, 3.63) is 83.2 Å². The first-order valence-electron chi connectivity index (χ1n) is 9.29. The third-order valence-electron chi connectivity index (χ3n) is 4.40. The second-order valence-corrected chi connectivity index (χ2v) is 7.40. The van der Waals surface area contributed by atoms with Crippen molar-refractivity contribution in [2.75, 3.05) is 13.3 Å². The number of aromatic nitrogens is 3. The molecule has 0 unspecified atom stereocenters. The molecule has 0 spiro atoms. The summed E-state index contributed by atoms with van der Waals surface area (Å²) in [6, 6.07) is 13.2. The number of guanidine groups is 1. The molecule has 0 saturated carbocycles. The van der Waals surface area contributed by atoms with E-state index in [0.29, 0.717) is 25.6 Å². The smallest absolute Gasteiger partial charge is 0.191 e. The van der Waals surface area contributed by atoms with Crippen LogP contribution in [0.3, 0.4) is 0 Å². The Kier molecular flexibility index (Phi) is 10.1. The van der Waals surface area contributed by atoms with Crippen LogP contribution < -0.4 is 10.6 Å². The zero-order valence-electron chi connectivity index (χ0n) is 17.0. The van der Waals surface area contributed by atoms with E-state index in [1.54, 1.807) is 35.9 Å². The molecule has 0 radical (unpaired) electrons. The first-order chi connectivity index (χ1) is 14.2. The van der Waals surface area contributed by atoms with E-state index in [4.69, 9.17) is 0 Å². The molecular formula is C21H26FIN6S. The fourth-order valence-electron chi connectivity index (χ4n) is 2.98. The quantitative estimate of drug-likeness (QED) is 0.259. The molecule has 0 saturated heterocycles. The number of rotatable bonds is 8. The molecule has 0 amide bonds. The van der Waals surface area contributed by atoms with Gasteiger partial charge in [0.05, 0.1) is 6.54 Å². The minimum atomic E-state index is -0.203. The van der Waals surface area contributed by atoms with Crippen LogP contribution in [0.4, 0.5) is 4.39 Å². The Hall–Kier alpha value is -2.14. The highest BCUT2D eigenvalue weighted by atomic mass is 127. The van der Waals surface area contributed by atoms with Gasteiger partial charge in [-0.1, -0.05) is 30.3 Å². The zero-order valence-corrected chi connectivity index (χ0v) is 20.2. The van der Waals surface area contributed by atoms with Crippen molar-refractivity contribution in [2.24, 2.45) is 4.99 Å². The molecule has 3 rings (SSSR count). The third kappa shape index (κ3) is 7.28. The predicted octanol–water partition coefficient (Wildman–Crippen LogP) is 3.81. The Balaban J connectivity index is 0.00000320. The molecule has 6 nitrogen and oxygen atoms in total. The Morgan fingerprint density at radius 2 is 1.90 bits per heavy atom. The molecular weight excluding hydrogens is 514 g/mol. The van der Waals surface area contributed by atoms with E-state index in [1.807, 2.05) is 18.4 Å². The minimum Gasteiger partial charge on any atom is -0.352 e. The average molecular weight is 540 g/mol. The normalized spacial score (nSPS) is 11.1. The molecule has 1 aromatic heterocycles. The molecule has 30 heavy (non-hydrogen) atoms. The molecule has 3 aromatic rings. The van der Waals surface area contributed by atoms with Crippen LogP contribution in [0.25, 0.3) is 0 Å². The van der Waals surface area contributed by atoms with E-state index in [-0.39, 0.29) is 29.8 Å². The van der Waals surface area contributed by atoms with Crippen LogP contribution in [0.15, 0.2) is 60.1 Å². The first-order valence-corrected chi connectivity index (χ1v) is 10.7. The number of benzene rings is 2. The second kappa shape index (κ2) is 12.5.